The standard InChI is InChI=1S/C18H12F4N4O2/c19-12-9-10(18(20,21)22)4-5-11(12)17(27)25-16-15(13-6-7-23-28-13)24-14-3-1-2-8-26(14)16/h1-5,7-9,13H,6H2,(H,25,27). The van der Waals surface area contributed by atoms with E-state index in [0.717, 1.165) is 6.07 Å². The molecule has 1 amide bonds. The highest BCUT2D eigenvalue weighted by Crippen LogP contribution is 2.32. The summed E-state index contributed by atoms with van der Waals surface area (Å²) in [5.74, 6) is -1.95. The van der Waals surface area contributed by atoms with Gasteiger partial charge in [-0.1, -0.05) is 11.2 Å². The third-order valence-corrected chi connectivity index (χ3v) is 4.22. The zero-order chi connectivity index (χ0) is 19.9. The van der Waals surface area contributed by atoms with E-state index in [1.165, 1.54) is 0 Å². The lowest BCUT2D eigenvalue weighted by Gasteiger charge is -2.12. The number of benzene rings is 1. The first-order valence-electron chi connectivity index (χ1n) is 8.17. The topological polar surface area (TPSA) is 68.0 Å². The van der Waals surface area contributed by atoms with Crippen molar-refractivity contribution in [1.29, 1.82) is 0 Å². The van der Waals surface area contributed by atoms with Gasteiger partial charge in [0.25, 0.3) is 5.91 Å². The van der Waals surface area contributed by atoms with E-state index in [9.17, 15) is 22.4 Å². The Balaban J connectivity index is 1.70. The van der Waals surface area contributed by atoms with E-state index >= 15 is 0 Å². The van der Waals surface area contributed by atoms with Gasteiger partial charge in [-0.15, -0.1) is 0 Å². The maximum absolute atomic E-state index is 14.1. The quantitative estimate of drug-likeness (QED) is 0.680. The Morgan fingerprint density at radius 1 is 1.25 bits per heavy atom. The average Bonchev–Trinajstić information content (AvgIpc) is 3.29. The molecule has 6 nitrogen and oxygen atoms in total. The van der Waals surface area contributed by atoms with Crippen LogP contribution in [0, 0.1) is 5.82 Å². The summed E-state index contributed by atoms with van der Waals surface area (Å²) >= 11 is 0. The van der Waals surface area contributed by atoms with Crippen LogP contribution in [0.15, 0.2) is 47.8 Å². The highest BCUT2D eigenvalue weighted by Gasteiger charge is 2.32. The molecular formula is C18H12F4N4O2. The van der Waals surface area contributed by atoms with Gasteiger partial charge in [0, 0.05) is 18.8 Å². The van der Waals surface area contributed by atoms with Gasteiger partial charge in [0.2, 0.25) is 0 Å². The molecule has 0 saturated carbocycles. The number of halogens is 4. The van der Waals surface area contributed by atoms with E-state index in [-0.39, 0.29) is 11.9 Å². The molecule has 144 valence electrons. The molecule has 1 unspecified atom stereocenters. The second-order valence-electron chi connectivity index (χ2n) is 6.04. The molecule has 2 aromatic heterocycles. The third kappa shape index (κ3) is 3.17. The fraction of sp³-hybridized carbons (Fsp3) is 0.167. The van der Waals surface area contributed by atoms with Gasteiger partial charge in [-0.2, -0.15) is 13.2 Å². The van der Waals surface area contributed by atoms with Crippen LogP contribution < -0.4 is 5.32 Å². The summed E-state index contributed by atoms with van der Waals surface area (Å²) in [5.41, 5.74) is -0.803. The number of nitrogens with zero attached hydrogens (tertiary/aromatic N) is 3. The monoisotopic (exact) mass is 392 g/mol. The van der Waals surface area contributed by atoms with Gasteiger partial charge in [-0.25, -0.2) is 9.37 Å². The molecule has 0 bridgehead atoms. The Bertz CT molecular complexity index is 1080. The van der Waals surface area contributed by atoms with Crippen LogP contribution >= 0.6 is 0 Å². The lowest BCUT2D eigenvalue weighted by Crippen LogP contribution is -2.18. The van der Waals surface area contributed by atoms with Gasteiger partial charge in [-0.05, 0) is 30.3 Å². The molecule has 0 fully saturated rings. The second-order valence-corrected chi connectivity index (χ2v) is 6.04. The van der Waals surface area contributed by atoms with Crippen LogP contribution in [0.3, 0.4) is 0 Å². The van der Waals surface area contributed by atoms with Crippen molar-refractivity contribution >= 4 is 23.6 Å². The number of hydrogen-bond acceptors (Lipinski definition) is 4. The summed E-state index contributed by atoms with van der Waals surface area (Å²) in [5, 5.41) is 6.21. The van der Waals surface area contributed by atoms with Gasteiger partial charge in [0.05, 0.1) is 11.1 Å². The van der Waals surface area contributed by atoms with Crippen LogP contribution in [-0.2, 0) is 11.0 Å². The molecule has 1 aliphatic heterocycles. The number of pyridine rings is 1. The van der Waals surface area contributed by atoms with Crippen molar-refractivity contribution in [3.05, 3.63) is 65.2 Å². The molecule has 1 atom stereocenters. The molecule has 28 heavy (non-hydrogen) atoms. The average molecular weight is 392 g/mol. The van der Waals surface area contributed by atoms with Crippen molar-refractivity contribution in [2.75, 3.05) is 5.32 Å². The minimum Gasteiger partial charge on any atom is -0.386 e. The summed E-state index contributed by atoms with van der Waals surface area (Å²) in [7, 11) is 0. The Morgan fingerprint density at radius 3 is 2.75 bits per heavy atom. The predicted octanol–water partition coefficient (Wildman–Crippen LogP) is 4.19. The van der Waals surface area contributed by atoms with E-state index < -0.39 is 35.1 Å². The van der Waals surface area contributed by atoms with Crippen LogP contribution in [0.2, 0.25) is 0 Å². The van der Waals surface area contributed by atoms with E-state index in [2.05, 4.69) is 15.5 Å². The zero-order valence-corrected chi connectivity index (χ0v) is 14.1. The van der Waals surface area contributed by atoms with E-state index in [1.54, 1.807) is 35.0 Å². The van der Waals surface area contributed by atoms with Crippen molar-refractivity contribution in [2.45, 2.75) is 18.7 Å². The summed E-state index contributed by atoms with van der Waals surface area (Å²) in [6.07, 6.45) is -1.62. The smallest absolute Gasteiger partial charge is 0.386 e. The minimum atomic E-state index is -4.70. The highest BCUT2D eigenvalue weighted by molar-refractivity contribution is 6.04. The fourth-order valence-electron chi connectivity index (χ4n) is 2.87. The van der Waals surface area contributed by atoms with Gasteiger partial charge in [0.15, 0.2) is 6.10 Å². The van der Waals surface area contributed by atoms with Crippen LogP contribution in [0.1, 0.15) is 34.1 Å². The van der Waals surface area contributed by atoms with Gasteiger partial charge in [0.1, 0.15) is 23.0 Å². The molecule has 3 heterocycles. The van der Waals surface area contributed by atoms with Crippen molar-refractivity contribution in [1.82, 2.24) is 9.38 Å². The number of imidazole rings is 1. The number of carbonyl (C=O) groups is 1. The van der Waals surface area contributed by atoms with Crippen LogP contribution in [0.4, 0.5) is 23.4 Å². The molecule has 3 aromatic rings. The number of amides is 1. The first-order chi connectivity index (χ1) is 13.3. The molecule has 0 radical (unpaired) electrons. The molecular weight excluding hydrogens is 380 g/mol. The lowest BCUT2D eigenvalue weighted by molar-refractivity contribution is -0.137. The number of fused-ring (bicyclic) bond motifs is 1. The molecule has 0 saturated heterocycles. The number of carbonyl (C=O) groups excluding carboxylic acids is 1. The number of alkyl halides is 3. The van der Waals surface area contributed by atoms with Crippen LogP contribution in [0.25, 0.3) is 5.65 Å². The van der Waals surface area contributed by atoms with Crippen molar-refractivity contribution in [3.63, 3.8) is 0 Å². The Morgan fingerprint density at radius 2 is 2.07 bits per heavy atom. The number of rotatable bonds is 3. The number of anilines is 1. The number of nitrogens with one attached hydrogen (secondary N) is 1. The van der Waals surface area contributed by atoms with Gasteiger partial charge < -0.3 is 10.2 Å². The van der Waals surface area contributed by atoms with Crippen LogP contribution in [-0.4, -0.2) is 21.5 Å². The molecule has 1 N–H and O–H groups in total. The molecule has 4 rings (SSSR count). The van der Waals surface area contributed by atoms with E-state index in [4.69, 9.17) is 4.84 Å². The third-order valence-electron chi connectivity index (χ3n) is 4.22. The molecule has 1 aromatic carbocycles. The Kier molecular flexibility index (Phi) is 4.25. The summed E-state index contributed by atoms with van der Waals surface area (Å²) < 4.78 is 53.8. The van der Waals surface area contributed by atoms with Crippen molar-refractivity contribution in [3.8, 4) is 0 Å². The lowest BCUT2D eigenvalue weighted by atomic mass is 10.1. The summed E-state index contributed by atoms with van der Waals surface area (Å²) in [6, 6.07) is 6.90. The van der Waals surface area contributed by atoms with Gasteiger partial charge in [-0.3, -0.25) is 9.20 Å². The summed E-state index contributed by atoms with van der Waals surface area (Å²) in [4.78, 5) is 22.2. The molecule has 1 aliphatic rings. The SMILES string of the molecule is O=C(Nc1c(C2CC=NO2)nc2ccccn12)c1ccc(C(F)(F)F)cc1F. The van der Waals surface area contributed by atoms with E-state index in [0.29, 0.717) is 23.8 Å². The summed E-state index contributed by atoms with van der Waals surface area (Å²) in [6.45, 7) is 0. The normalized spacial score (nSPS) is 16.4. The Hall–Kier alpha value is -3.43. The molecule has 10 heteroatoms. The maximum atomic E-state index is 14.1. The molecule has 0 spiro atoms. The van der Waals surface area contributed by atoms with Crippen molar-refractivity contribution < 1.29 is 27.2 Å². The van der Waals surface area contributed by atoms with Gasteiger partial charge >= 0.3 is 6.18 Å². The Labute approximate surface area is 155 Å². The second kappa shape index (κ2) is 6.63. The van der Waals surface area contributed by atoms with Crippen LogP contribution in [0.5, 0.6) is 0 Å². The fourth-order valence-corrected chi connectivity index (χ4v) is 2.87. The number of hydrogen-bond donors (Lipinski definition) is 1. The first-order valence-corrected chi connectivity index (χ1v) is 8.17. The zero-order valence-electron chi connectivity index (χ0n) is 14.1. The highest BCUT2D eigenvalue weighted by atomic mass is 19.4. The minimum absolute atomic E-state index is 0.232. The first kappa shape index (κ1) is 18.0. The number of aromatic nitrogens is 2. The van der Waals surface area contributed by atoms with E-state index in [1.807, 2.05) is 0 Å². The molecule has 0 aliphatic carbocycles. The number of oxime groups is 1. The maximum Gasteiger partial charge on any atom is 0.416 e. The largest absolute Gasteiger partial charge is 0.416 e. The van der Waals surface area contributed by atoms with Crippen molar-refractivity contribution in [2.24, 2.45) is 5.16 Å². The predicted molar refractivity (Wildman–Crippen MR) is 91.5 cm³/mol.